The third-order valence-electron chi connectivity index (χ3n) is 1.03. The minimum atomic E-state index is -3.85. The Labute approximate surface area is 121 Å². The second kappa shape index (κ2) is 15.3. The Morgan fingerprint density at radius 2 is 1.69 bits per heavy atom. The van der Waals surface area contributed by atoms with Crippen LogP contribution in [0.4, 0.5) is 0 Å². The van der Waals surface area contributed by atoms with Crippen LogP contribution in [0.3, 0.4) is 0 Å². The van der Waals surface area contributed by atoms with Crippen molar-refractivity contribution in [2.75, 3.05) is 25.6 Å². The molecular weight excluding hydrogens is 243 g/mol. The van der Waals surface area contributed by atoms with Crippen LogP contribution in [0.1, 0.15) is 7.85 Å². The average Bonchev–Trinajstić information content (AvgIpc) is 2.16. The molecule has 0 unspecified atom stereocenters. The summed E-state index contributed by atoms with van der Waals surface area (Å²) in [6.07, 6.45) is 3.52. The molecule has 16 heavy (non-hydrogen) atoms. The normalized spacial score (nSPS) is 9.38. The molecule has 0 saturated carbocycles. The number of aliphatic hydroxyl groups is 1. The van der Waals surface area contributed by atoms with E-state index in [1.165, 1.54) is 0 Å². The molecular formula is C9H19NaO5S. The van der Waals surface area contributed by atoms with Gasteiger partial charge in [0.1, 0.15) is 0 Å². The van der Waals surface area contributed by atoms with Crippen LogP contribution in [-0.2, 0) is 14.9 Å². The Morgan fingerprint density at radius 1 is 1.25 bits per heavy atom. The van der Waals surface area contributed by atoms with Crippen molar-refractivity contribution in [3.05, 3.63) is 25.3 Å². The van der Waals surface area contributed by atoms with Gasteiger partial charge in [0, 0.05) is 6.61 Å². The van der Waals surface area contributed by atoms with Crippen LogP contribution in [-0.4, -0.2) is 43.7 Å². The summed E-state index contributed by atoms with van der Waals surface area (Å²) in [6, 6.07) is 0. The van der Waals surface area contributed by atoms with E-state index in [4.69, 9.17) is 14.4 Å². The quantitative estimate of drug-likeness (QED) is 0.234. The van der Waals surface area contributed by atoms with Gasteiger partial charge in [-0.2, -0.15) is 8.42 Å². The van der Waals surface area contributed by atoms with Crippen LogP contribution < -0.4 is 29.6 Å². The fourth-order valence-electron chi connectivity index (χ4n) is 0.482. The first kappa shape index (κ1) is 21.6. The number of hydrogen-bond donors (Lipinski definition) is 2. The van der Waals surface area contributed by atoms with E-state index in [0.717, 1.165) is 0 Å². The van der Waals surface area contributed by atoms with Crippen molar-refractivity contribution in [3.63, 3.8) is 0 Å². The largest absolute Gasteiger partial charge is 1.00 e. The fraction of sp³-hybridized carbons (Fsp3) is 0.556. The minimum Gasteiger partial charge on any atom is -1.00 e. The van der Waals surface area contributed by atoms with Gasteiger partial charge < -0.3 is 11.3 Å². The van der Waals surface area contributed by atoms with Crippen molar-refractivity contribution >= 4 is 10.1 Å². The third-order valence-corrected chi connectivity index (χ3v) is 1.84. The topological polar surface area (TPSA) is 83.8 Å². The molecule has 5 nitrogen and oxygen atoms in total. The molecule has 0 aliphatic rings. The molecule has 0 spiro atoms. The van der Waals surface area contributed by atoms with E-state index in [9.17, 15) is 8.42 Å². The zero-order valence-corrected chi connectivity index (χ0v) is 12.4. The molecule has 0 fully saturated rings. The van der Waals surface area contributed by atoms with Gasteiger partial charge >= 0.3 is 29.6 Å². The van der Waals surface area contributed by atoms with Gasteiger partial charge in [0.25, 0.3) is 10.1 Å². The monoisotopic (exact) mass is 262 g/mol. The van der Waals surface area contributed by atoms with Crippen molar-refractivity contribution in [2.45, 2.75) is 6.42 Å². The summed E-state index contributed by atoms with van der Waals surface area (Å²) in [5, 5.41) is 8.05. The smallest absolute Gasteiger partial charge is 1.00 e. The minimum absolute atomic E-state index is 0. The summed E-state index contributed by atoms with van der Waals surface area (Å²) in [4.78, 5) is 0. The van der Waals surface area contributed by atoms with Crippen LogP contribution in [0, 0.1) is 0 Å². The third kappa shape index (κ3) is 29.2. The number of ether oxygens (including phenoxy) is 1. The van der Waals surface area contributed by atoms with Crippen LogP contribution in [0.15, 0.2) is 25.3 Å². The van der Waals surface area contributed by atoms with Gasteiger partial charge in [0.05, 0.1) is 19.0 Å². The van der Waals surface area contributed by atoms with E-state index < -0.39 is 10.1 Å². The first-order valence-electron chi connectivity index (χ1n) is 4.33. The maximum atomic E-state index is 9.83. The molecule has 0 aromatic rings. The van der Waals surface area contributed by atoms with Crippen molar-refractivity contribution < 1.29 is 53.8 Å². The van der Waals surface area contributed by atoms with Gasteiger partial charge in [-0.05, 0) is 6.42 Å². The molecule has 0 atom stereocenters. The zero-order valence-electron chi connectivity index (χ0n) is 10.6. The van der Waals surface area contributed by atoms with E-state index in [2.05, 4.69) is 13.2 Å². The molecule has 0 bridgehead atoms. The molecule has 0 aromatic heterocycles. The van der Waals surface area contributed by atoms with Crippen molar-refractivity contribution in [2.24, 2.45) is 0 Å². The molecule has 0 radical (unpaired) electrons. The Balaban J connectivity index is -0.0000000896. The molecule has 0 aromatic carbocycles. The molecule has 0 aliphatic carbocycles. The van der Waals surface area contributed by atoms with E-state index in [0.29, 0.717) is 13.2 Å². The summed E-state index contributed by atoms with van der Waals surface area (Å²) in [7, 11) is -3.85. The molecule has 92 valence electrons. The first-order chi connectivity index (χ1) is 6.97. The molecule has 0 heterocycles. The van der Waals surface area contributed by atoms with Crippen molar-refractivity contribution in [3.8, 4) is 0 Å². The van der Waals surface area contributed by atoms with Crippen LogP contribution in [0.25, 0.3) is 0 Å². The molecule has 7 heteroatoms. The second-order valence-electron chi connectivity index (χ2n) is 2.48. The Bertz CT molecular complexity index is 248. The molecule has 0 aliphatic heterocycles. The van der Waals surface area contributed by atoms with Gasteiger partial charge in [-0.25, -0.2) is 0 Å². The van der Waals surface area contributed by atoms with Gasteiger partial charge in [-0.1, -0.05) is 12.2 Å². The average molecular weight is 262 g/mol. The zero-order chi connectivity index (χ0) is 12.2. The number of hydrogen-bond acceptors (Lipinski definition) is 4. The number of rotatable bonds is 7. The van der Waals surface area contributed by atoms with Crippen molar-refractivity contribution in [1.82, 2.24) is 0 Å². The molecule has 0 rings (SSSR count). The van der Waals surface area contributed by atoms with E-state index in [-0.39, 0.29) is 49.8 Å². The molecule has 0 saturated heterocycles. The maximum absolute atomic E-state index is 9.83. The van der Waals surface area contributed by atoms with E-state index in [1.54, 1.807) is 12.2 Å². The van der Waals surface area contributed by atoms with E-state index in [1.807, 2.05) is 0 Å². The standard InChI is InChI=1S/C6H10O.C3H8O4S.Na.H/c1-3-5-7-6-4-2;4-2-1-3-8(5,6)7;;/h3-4H,1-2,5-6H2;4H,1-3H2,(H,5,6,7);;/q;;+1;-1. The van der Waals surface area contributed by atoms with Crippen molar-refractivity contribution in [1.29, 1.82) is 0 Å². The van der Waals surface area contributed by atoms with E-state index >= 15 is 0 Å². The predicted molar refractivity (Wildman–Crippen MR) is 60.4 cm³/mol. The van der Waals surface area contributed by atoms with Gasteiger partial charge in [-0.15, -0.1) is 13.2 Å². The Morgan fingerprint density at radius 3 is 1.88 bits per heavy atom. The Hall–Kier alpha value is 0.310. The first-order valence-corrected chi connectivity index (χ1v) is 5.94. The fourth-order valence-corrected chi connectivity index (χ4v) is 0.976. The summed E-state index contributed by atoms with van der Waals surface area (Å²) >= 11 is 0. The summed E-state index contributed by atoms with van der Waals surface area (Å²) in [5.74, 6) is -0.358. The maximum Gasteiger partial charge on any atom is 1.00 e. The van der Waals surface area contributed by atoms with Crippen LogP contribution >= 0.6 is 0 Å². The summed E-state index contributed by atoms with van der Waals surface area (Å²) in [5.41, 5.74) is 0. The Kier molecular flexibility index (Phi) is 20.6. The molecule has 2 N–H and O–H groups in total. The SMILES string of the molecule is C=CCOCC=C.O=S(=O)(O)CCCO.[H-].[Na+]. The van der Waals surface area contributed by atoms with Gasteiger partial charge in [0.2, 0.25) is 0 Å². The van der Waals surface area contributed by atoms with Gasteiger partial charge in [-0.3, -0.25) is 4.55 Å². The molecule has 0 amide bonds. The second-order valence-corrected chi connectivity index (χ2v) is 4.05. The summed E-state index contributed by atoms with van der Waals surface area (Å²) in [6.45, 7) is 7.97. The predicted octanol–water partition coefficient (Wildman–Crippen LogP) is -2.25. The van der Waals surface area contributed by atoms with Gasteiger partial charge in [0.15, 0.2) is 0 Å². The number of aliphatic hydroxyl groups excluding tert-OH is 1. The van der Waals surface area contributed by atoms with Crippen LogP contribution in [0.5, 0.6) is 0 Å². The van der Waals surface area contributed by atoms with Crippen LogP contribution in [0.2, 0.25) is 0 Å². The summed E-state index contributed by atoms with van der Waals surface area (Å²) < 4.78 is 32.6.